The van der Waals surface area contributed by atoms with Crippen LogP contribution in [0.4, 0.5) is 5.69 Å². The molecule has 1 unspecified atom stereocenters. The molecule has 1 saturated heterocycles. The number of hydrogen-bond acceptors (Lipinski definition) is 8. The molecule has 1 aromatic heterocycles. The summed E-state index contributed by atoms with van der Waals surface area (Å²) in [5.41, 5.74) is 0.337. The van der Waals surface area contributed by atoms with Gasteiger partial charge < -0.3 is 9.47 Å². The Morgan fingerprint density at radius 2 is 2.09 bits per heavy atom. The summed E-state index contributed by atoms with van der Waals surface area (Å²) in [6.45, 7) is 3.71. The van der Waals surface area contributed by atoms with Crippen molar-refractivity contribution in [1.82, 2.24) is 14.5 Å². The van der Waals surface area contributed by atoms with Gasteiger partial charge in [-0.1, -0.05) is 6.07 Å². The maximum absolute atomic E-state index is 13.6. The van der Waals surface area contributed by atoms with Gasteiger partial charge in [-0.2, -0.15) is 0 Å². The van der Waals surface area contributed by atoms with E-state index in [1.165, 1.54) is 29.9 Å². The number of nitro groups is 1. The lowest BCUT2D eigenvalue weighted by Crippen LogP contribution is -2.40. The first-order valence-electron chi connectivity index (χ1n) is 11.1. The van der Waals surface area contributed by atoms with Gasteiger partial charge in [0.2, 0.25) is 0 Å². The van der Waals surface area contributed by atoms with Crippen LogP contribution in [-0.4, -0.2) is 52.1 Å². The fourth-order valence-electron chi connectivity index (χ4n) is 4.31. The summed E-state index contributed by atoms with van der Waals surface area (Å²) < 4.78 is 12.0. The Hall–Kier alpha value is -3.79. The molecular formula is C24H26N4O6. The molecule has 1 aliphatic heterocycles. The quantitative estimate of drug-likeness (QED) is 0.296. The first-order chi connectivity index (χ1) is 16.4. The summed E-state index contributed by atoms with van der Waals surface area (Å²) in [7, 11) is 1.54. The first kappa shape index (κ1) is 23.4. The number of rotatable bonds is 7. The van der Waals surface area contributed by atoms with Crippen molar-refractivity contribution < 1.29 is 19.2 Å². The maximum Gasteiger partial charge on any atom is 0.310 e. The van der Waals surface area contributed by atoms with E-state index in [-0.39, 0.29) is 23.0 Å². The predicted molar refractivity (Wildman–Crippen MR) is 125 cm³/mol. The third-order valence-electron chi connectivity index (χ3n) is 5.93. The van der Waals surface area contributed by atoms with Gasteiger partial charge in [0.25, 0.3) is 11.2 Å². The van der Waals surface area contributed by atoms with Crippen molar-refractivity contribution in [3.05, 3.63) is 68.8 Å². The van der Waals surface area contributed by atoms with E-state index < -0.39 is 10.5 Å². The molecule has 1 aliphatic rings. The molecule has 0 bridgehead atoms. The van der Waals surface area contributed by atoms with Gasteiger partial charge in [0.15, 0.2) is 0 Å². The molecule has 0 spiro atoms. The Balaban J connectivity index is 1.80. The summed E-state index contributed by atoms with van der Waals surface area (Å²) in [5, 5.41) is 11.4. The third kappa shape index (κ3) is 4.76. The minimum absolute atomic E-state index is 0.156. The number of carbonyl (C=O) groups excluding carboxylic acids is 1. The van der Waals surface area contributed by atoms with Crippen LogP contribution in [0.25, 0.3) is 16.6 Å². The second kappa shape index (κ2) is 10.0. The highest BCUT2D eigenvalue weighted by Gasteiger charge is 2.28. The van der Waals surface area contributed by atoms with E-state index in [9.17, 15) is 19.7 Å². The summed E-state index contributed by atoms with van der Waals surface area (Å²) in [4.78, 5) is 43.4. The number of carbonyl (C=O) groups is 1. The van der Waals surface area contributed by atoms with E-state index in [2.05, 4.69) is 4.90 Å². The molecule has 0 aliphatic carbocycles. The monoisotopic (exact) mass is 466 g/mol. The summed E-state index contributed by atoms with van der Waals surface area (Å²) in [6.07, 6.45) is 1.58. The lowest BCUT2D eigenvalue weighted by Gasteiger charge is -2.31. The lowest BCUT2D eigenvalue weighted by molar-refractivity contribution is -0.384. The Kier molecular flexibility index (Phi) is 6.87. The zero-order chi connectivity index (χ0) is 24.2. The lowest BCUT2D eigenvalue weighted by atomic mass is 9.98. The molecule has 0 saturated carbocycles. The number of ether oxygens (including phenoxy) is 2. The van der Waals surface area contributed by atoms with Crippen molar-refractivity contribution in [1.29, 1.82) is 0 Å². The molecule has 0 N–H and O–H groups in total. The number of nitrogens with zero attached hydrogens (tertiary/aromatic N) is 4. The van der Waals surface area contributed by atoms with Crippen LogP contribution in [0.5, 0.6) is 5.75 Å². The highest BCUT2D eigenvalue weighted by molar-refractivity contribution is 5.80. The van der Waals surface area contributed by atoms with Crippen LogP contribution in [-0.2, 0) is 16.1 Å². The fraction of sp³-hybridized carbons (Fsp3) is 0.375. The zero-order valence-electron chi connectivity index (χ0n) is 19.1. The standard InChI is InChI=1S/C24H26N4O6/c1-3-34-24(30)16-6-5-11-26(14-16)15-22-25-21-10-9-18(28(31)32)13-20(21)23(29)27(22)17-7-4-8-19(12-17)33-2/h4,7-10,12-13,16H,3,5-6,11,14-15H2,1-2H3. The summed E-state index contributed by atoms with van der Waals surface area (Å²) in [6, 6.07) is 11.1. The molecule has 0 radical (unpaired) electrons. The summed E-state index contributed by atoms with van der Waals surface area (Å²) >= 11 is 0. The normalized spacial score (nSPS) is 16.4. The molecular weight excluding hydrogens is 440 g/mol. The average Bonchev–Trinajstić information content (AvgIpc) is 2.84. The van der Waals surface area contributed by atoms with E-state index in [1.807, 2.05) is 0 Å². The highest BCUT2D eigenvalue weighted by atomic mass is 16.6. The number of nitro benzene ring substituents is 1. The Labute approximate surface area is 195 Å². The van der Waals surface area contributed by atoms with Crippen molar-refractivity contribution in [3.8, 4) is 11.4 Å². The Bertz CT molecular complexity index is 1290. The maximum atomic E-state index is 13.6. The van der Waals surface area contributed by atoms with Crippen LogP contribution in [0.2, 0.25) is 0 Å². The van der Waals surface area contributed by atoms with Crippen molar-refractivity contribution in [2.75, 3.05) is 26.8 Å². The van der Waals surface area contributed by atoms with Gasteiger partial charge >= 0.3 is 5.97 Å². The van der Waals surface area contributed by atoms with Gasteiger partial charge in [-0.3, -0.25) is 29.2 Å². The van der Waals surface area contributed by atoms with E-state index in [4.69, 9.17) is 14.5 Å². The van der Waals surface area contributed by atoms with Gasteiger partial charge in [0, 0.05) is 24.7 Å². The largest absolute Gasteiger partial charge is 0.497 e. The molecule has 3 aromatic rings. The Morgan fingerprint density at radius 3 is 2.82 bits per heavy atom. The van der Waals surface area contributed by atoms with Crippen LogP contribution in [0, 0.1) is 16.0 Å². The number of piperidine rings is 1. The number of benzene rings is 2. The molecule has 10 nitrogen and oxygen atoms in total. The fourth-order valence-corrected chi connectivity index (χ4v) is 4.31. The molecule has 2 aromatic carbocycles. The molecule has 0 amide bonds. The molecule has 1 atom stereocenters. The number of esters is 1. The number of hydrogen-bond donors (Lipinski definition) is 0. The second-order valence-electron chi connectivity index (χ2n) is 8.15. The summed E-state index contributed by atoms with van der Waals surface area (Å²) in [5.74, 6) is 0.601. The van der Waals surface area contributed by atoms with Crippen LogP contribution in [0.15, 0.2) is 47.3 Å². The number of methoxy groups -OCH3 is 1. The SMILES string of the molecule is CCOC(=O)C1CCCN(Cc2nc3ccc([N+](=O)[O-])cc3c(=O)n2-c2cccc(OC)c2)C1. The smallest absolute Gasteiger partial charge is 0.310 e. The first-order valence-corrected chi connectivity index (χ1v) is 11.1. The third-order valence-corrected chi connectivity index (χ3v) is 5.93. The highest BCUT2D eigenvalue weighted by Crippen LogP contribution is 2.24. The molecule has 10 heteroatoms. The molecule has 4 rings (SSSR count). The van der Waals surface area contributed by atoms with E-state index in [0.29, 0.717) is 42.5 Å². The number of aromatic nitrogens is 2. The Morgan fingerprint density at radius 1 is 1.26 bits per heavy atom. The van der Waals surface area contributed by atoms with Gasteiger partial charge in [-0.05, 0) is 44.5 Å². The van der Waals surface area contributed by atoms with Crippen LogP contribution in [0.3, 0.4) is 0 Å². The van der Waals surface area contributed by atoms with Crippen LogP contribution >= 0.6 is 0 Å². The number of likely N-dealkylation sites (tertiary alicyclic amines) is 1. The molecule has 34 heavy (non-hydrogen) atoms. The van der Waals surface area contributed by atoms with Crippen molar-refractivity contribution in [2.45, 2.75) is 26.3 Å². The van der Waals surface area contributed by atoms with E-state index >= 15 is 0 Å². The molecule has 1 fully saturated rings. The van der Waals surface area contributed by atoms with Gasteiger partial charge in [0.1, 0.15) is 11.6 Å². The van der Waals surface area contributed by atoms with Gasteiger partial charge in [-0.25, -0.2) is 4.98 Å². The minimum atomic E-state index is -0.536. The average molecular weight is 466 g/mol. The van der Waals surface area contributed by atoms with Crippen molar-refractivity contribution in [2.24, 2.45) is 5.92 Å². The zero-order valence-corrected chi connectivity index (χ0v) is 19.1. The number of fused-ring (bicyclic) bond motifs is 1. The van der Waals surface area contributed by atoms with Crippen molar-refractivity contribution >= 4 is 22.6 Å². The van der Waals surface area contributed by atoms with Crippen LogP contribution < -0.4 is 10.3 Å². The van der Waals surface area contributed by atoms with E-state index in [0.717, 1.165) is 19.4 Å². The number of non-ortho nitro benzene ring substituents is 1. The minimum Gasteiger partial charge on any atom is -0.497 e. The second-order valence-corrected chi connectivity index (χ2v) is 8.15. The predicted octanol–water partition coefficient (Wildman–Crippen LogP) is 3.08. The van der Waals surface area contributed by atoms with Gasteiger partial charge in [-0.15, -0.1) is 0 Å². The van der Waals surface area contributed by atoms with Gasteiger partial charge in [0.05, 0.1) is 47.7 Å². The van der Waals surface area contributed by atoms with Crippen molar-refractivity contribution in [3.63, 3.8) is 0 Å². The topological polar surface area (TPSA) is 117 Å². The van der Waals surface area contributed by atoms with Crippen LogP contribution in [0.1, 0.15) is 25.6 Å². The van der Waals surface area contributed by atoms with E-state index in [1.54, 1.807) is 31.2 Å². The molecule has 178 valence electrons. The molecule has 2 heterocycles.